The van der Waals surface area contributed by atoms with Gasteiger partial charge in [-0.15, -0.1) is 0 Å². The van der Waals surface area contributed by atoms with Gasteiger partial charge in [0.05, 0.1) is 29.6 Å². The number of nitrogens with zero attached hydrogens (tertiary/aromatic N) is 3. The van der Waals surface area contributed by atoms with Crippen molar-refractivity contribution in [3.05, 3.63) is 88.7 Å². The van der Waals surface area contributed by atoms with Crippen LogP contribution in [0.3, 0.4) is 0 Å². The lowest BCUT2D eigenvalue weighted by molar-refractivity contribution is -0.139. The second-order valence-electron chi connectivity index (χ2n) is 7.52. The predicted octanol–water partition coefficient (Wildman–Crippen LogP) is 4.16. The van der Waals surface area contributed by atoms with Crippen molar-refractivity contribution in [2.75, 3.05) is 13.7 Å². The maximum atomic E-state index is 13.4. The molecule has 0 aliphatic heterocycles. The topological polar surface area (TPSA) is 116 Å². The van der Waals surface area contributed by atoms with Crippen LogP contribution in [0.4, 0.5) is 0 Å². The quantitative estimate of drug-likeness (QED) is 0.356. The van der Waals surface area contributed by atoms with Crippen LogP contribution in [0.5, 0.6) is 11.5 Å². The van der Waals surface area contributed by atoms with E-state index in [1.54, 1.807) is 67.8 Å². The summed E-state index contributed by atoms with van der Waals surface area (Å²) in [7, 11) is 1.57. The maximum Gasteiger partial charge on any atom is 0.341 e. The summed E-state index contributed by atoms with van der Waals surface area (Å²) < 4.78 is 17.9. The molecule has 5 aromatic rings. The Morgan fingerprint density at radius 1 is 1.06 bits per heavy atom. The number of aromatic nitrogens is 2. The Kier molecular flexibility index (Phi) is 5.72. The second kappa shape index (κ2) is 9.14. The van der Waals surface area contributed by atoms with Gasteiger partial charge in [0, 0.05) is 5.56 Å². The molecule has 3 aromatic carbocycles. The van der Waals surface area contributed by atoms with Crippen molar-refractivity contribution in [2.24, 2.45) is 5.10 Å². The monoisotopic (exact) mass is 469 g/mol. The first kappa shape index (κ1) is 21.9. The lowest BCUT2D eigenvalue weighted by Crippen LogP contribution is -2.20. The number of carboxylic acids is 1. The zero-order chi connectivity index (χ0) is 24.4. The second-order valence-corrected chi connectivity index (χ2v) is 7.52. The van der Waals surface area contributed by atoms with E-state index in [1.165, 1.54) is 6.21 Å². The van der Waals surface area contributed by atoms with Crippen molar-refractivity contribution in [1.82, 2.24) is 9.66 Å². The first-order valence-electron chi connectivity index (χ1n) is 10.6. The molecule has 0 unspecified atom stereocenters. The van der Waals surface area contributed by atoms with Crippen LogP contribution in [0.1, 0.15) is 5.56 Å². The van der Waals surface area contributed by atoms with Gasteiger partial charge in [-0.2, -0.15) is 9.78 Å². The molecule has 0 atom stereocenters. The van der Waals surface area contributed by atoms with Crippen LogP contribution in [0.15, 0.2) is 87.1 Å². The van der Waals surface area contributed by atoms with Gasteiger partial charge in [-0.25, -0.2) is 9.78 Å². The third-order valence-corrected chi connectivity index (χ3v) is 5.30. The average molecular weight is 469 g/mol. The van der Waals surface area contributed by atoms with Crippen LogP contribution in [-0.4, -0.2) is 40.7 Å². The van der Waals surface area contributed by atoms with E-state index in [1.807, 2.05) is 12.1 Å². The molecule has 9 heteroatoms. The zero-order valence-electron chi connectivity index (χ0n) is 18.5. The number of ether oxygens (including phenoxy) is 2. The van der Waals surface area contributed by atoms with Crippen molar-refractivity contribution in [2.45, 2.75) is 0 Å². The van der Waals surface area contributed by atoms with Gasteiger partial charge < -0.3 is 19.0 Å². The van der Waals surface area contributed by atoms with E-state index in [0.717, 1.165) is 10.1 Å². The molecule has 35 heavy (non-hydrogen) atoms. The molecule has 0 aliphatic carbocycles. The number of methoxy groups -OCH3 is 1. The number of hydrogen-bond acceptors (Lipinski definition) is 7. The molecule has 2 aromatic heterocycles. The molecule has 0 fully saturated rings. The van der Waals surface area contributed by atoms with Crippen LogP contribution in [-0.2, 0) is 4.79 Å². The average Bonchev–Trinajstić information content (AvgIpc) is 3.32. The molecule has 0 bridgehead atoms. The minimum atomic E-state index is -1.10. The van der Waals surface area contributed by atoms with E-state index in [-0.39, 0.29) is 5.82 Å². The third kappa shape index (κ3) is 4.22. The molecule has 2 heterocycles. The Bertz CT molecular complexity index is 1650. The summed E-state index contributed by atoms with van der Waals surface area (Å²) in [6, 6.07) is 20.9. The molecule has 0 spiro atoms. The summed E-state index contributed by atoms with van der Waals surface area (Å²) in [6.07, 6.45) is 1.42. The van der Waals surface area contributed by atoms with Crippen molar-refractivity contribution in [3.8, 4) is 23.1 Å². The van der Waals surface area contributed by atoms with Crippen LogP contribution in [0.2, 0.25) is 0 Å². The normalized spacial score (nSPS) is 11.3. The zero-order valence-corrected chi connectivity index (χ0v) is 18.5. The number of aliphatic carboxylic acids is 1. The third-order valence-electron chi connectivity index (χ3n) is 5.30. The number of hydrogen-bond donors (Lipinski definition) is 1. The lowest BCUT2D eigenvalue weighted by atomic mass is 10.2. The van der Waals surface area contributed by atoms with Gasteiger partial charge in [0.15, 0.2) is 12.4 Å². The number of benzene rings is 3. The first-order valence-corrected chi connectivity index (χ1v) is 10.6. The van der Waals surface area contributed by atoms with E-state index in [4.69, 9.17) is 19.0 Å². The van der Waals surface area contributed by atoms with E-state index in [2.05, 4.69) is 10.1 Å². The molecule has 0 saturated carbocycles. The molecule has 0 radical (unpaired) electrons. The molecule has 9 nitrogen and oxygen atoms in total. The van der Waals surface area contributed by atoms with Gasteiger partial charge in [0.2, 0.25) is 5.82 Å². The largest absolute Gasteiger partial charge is 0.496 e. The van der Waals surface area contributed by atoms with Gasteiger partial charge in [-0.1, -0.05) is 30.3 Å². The maximum absolute atomic E-state index is 13.4. The summed E-state index contributed by atoms with van der Waals surface area (Å²) >= 11 is 0. The highest BCUT2D eigenvalue weighted by atomic mass is 16.5. The molecule has 0 aliphatic rings. The Balaban J connectivity index is 1.68. The van der Waals surface area contributed by atoms with E-state index < -0.39 is 18.1 Å². The fraction of sp³-hybridized carbons (Fsp3) is 0.0769. The van der Waals surface area contributed by atoms with Crippen LogP contribution in [0.25, 0.3) is 33.5 Å². The number of para-hydroxylation sites is 2. The standard InChI is InChI=1S/C26H19N3O6/c1-33-21-11-6-12-22-18(21)13-23(35-22)25-28-19-9-4-3-8-17(19)26(32)29(25)27-14-16-7-2-5-10-20(16)34-15-24(30)31/h2-14H,15H2,1H3,(H,30,31). The lowest BCUT2D eigenvalue weighted by Gasteiger charge is -2.08. The summed E-state index contributed by atoms with van der Waals surface area (Å²) in [5.41, 5.74) is 1.17. The van der Waals surface area contributed by atoms with Gasteiger partial charge in [0.25, 0.3) is 5.56 Å². The number of carbonyl (C=O) groups is 1. The Hall–Kier alpha value is -4.92. The number of fused-ring (bicyclic) bond motifs is 2. The Labute approximate surface area is 198 Å². The summed E-state index contributed by atoms with van der Waals surface area (Å²) in [4.78, 5) is 29.0. The molecule has 174 valence electrons. The molecule has 1 N–H and O–H groups in total. The Morgan fingerprint density at radius 2 is 1.83 bits per heavy atom. The number of rotatable bonds is 7. The summed E-state index contributed by atoms with van der Waals surface area (Å²) in [5, 5.41) is 14.5. The molecular weight excluding hydrogens is 450 g/mol. The minimum Gasteiger partial charge on any atom is -0.496 e. The number of carboxylic acid groups (broad SMARTS) is 1. The fourth-order valence-corrected chi connectivity index (χ4v) is 3.69. The van der Waals surface area contributed by atoms with Gasteiger partial charge in [-0.3, -0.25) is 4.79 Å². The van der Waals surface area contributed by atoms with Gasteiger partial charge in [0.1, 0.15) is 17.1 Å². The molecule has 0 saturated heterocycles. The highest BCUT2D eigenvalue weighted by Gasteiger charge is 2.18. The van der Waals surface area contributed by atoms with Gasteiger partial charge in [-0.05, 0) is 42.5 Å². The smallest absolute Gasteiger partial charge is 0.341 e. The van der Waals surface area contributed by atoms with Crippen molar-refractivity contribution in [1.29, 1.82) is 0 Å². The van der Waals surface area contributed by atoms with E-state index in [9.17, 15) is 9.59 Å². The highest BCUT2D eigenvalue weighted by molar-refractivity contribution is 5.89. The summed E-state index contributed by atoms with van der Waals surface area (Å²) in [6.45, 7) is -0.506. The molecule has 0 amide bonds. The first-order chi connectivity index (χ1) is 17.0. The SMILES string of the molecule is COc1cccc2oc(-c3nc4ccccc4c(=O)n3N=Cc3ccccc3OCC(=O)O)cc12. The van der Waals surface area contributed by atoms with Crippen LogP contribution in [0, 0.1) is 0 Å². The molecule has 5 rings (SSSR count). The van der Waals surface area contributed by atoms with E-state index in [0.29, 0.717) is 39.3 Å². The van der Waals surface area contributed by atoms with Crippen LogP contribution >= 0.6 is 0 Å². The van der Waals surface area contributed by atoms with Crippen molar-refractivity contribution < 1.29 is 23.8 Å². The molecular formula is C26H19N3O6. The van der Waals surface area contributed by atoms with Crippen molar-refractivity contribution >= 4 is 34.1 Å². The van der Waals surface area contributed by atoms with Gasteiger partial charge >= 0.3 is 5.97 Å². The fourth-order valence-electron chi connectivity index (χ4n) is 3.69. The van der Waals surface area contributed by atoms with Crippen LogP contribution < -0.4 is 15.0 Å². The predicted molar refractivity (Wildman–Crippen MR) is 130 cm³/mol. The highest BCUT2D eigenvalue weighted by Crippen LogP contribution is 2.32. The number of furan rings is 1. The summed E-state index contributed by atoms with van der Waals surface area (Å²) in [5.74, 6) is 0.372. The Morgan fingerprint density at radius 3 is 2.66 bits per heavy atom. The van der Waals surface area contributed by atoms with E-state index >= 15 is 0 Å². The van der Waals surface area contributed by atoms with Crippen molar-refractivity contribution in [3.63, 3.8) is 0 Å². The minimum absolute atomic E-state index is 0.201.